The molecule has 0 spiro atoms. The van der Waals surface area contributed by atoms with Crippen molar-refractivity contribution in [2.24, 2.45) is 5.92 Å². The summed E-state index contributed by atoms with van der Waals surface area (Å²) in [6, 6.07) is 24.4. The summed E-state index contributed by atoms with van der Waals surface area (Å²) in [5.74, 6) is 0.506. The Kier molecular flexibility index (Phi) is 9.51. The van der Waals surface area contributed by atoms with Gasteiger partial charge in [-0.25, -0.2) is 0 Å². The van der Waals surface area contributed by atoms with Crippen LogP contribution in [0.1, 0.15) is 12.5 Å². The molecule has 6 bridgehead atoms. The summed E-state index contributed by atoms with van der Waals surface area (Å²) in [6.07, 6.45) is 15.4. The van der Waals surface area contributed by atoms with Crippen molar-refractivity contribution in [1.82, 2.24) is 0 Å². The van der Waals surface area contributed by atoms with Crippen LogP contribution in [0, 0.1) is 18.9 Å². The maximum atomic E-state index is 3.76. The number of halogens is 2. The smallest absolute Gasteiger partial charge is 1.00 e. The molecule has 9 rings (SSSR count). The van der Waals surface area contributed by atoms with Gasteiger partial charge in [0, 0.05) is 0 Å². The Morgan fingerprint density at radius 2 is 1.67 bits per heavy atom. The number of aryl methyl sites for hydroxylation is 1. The Morgan fingerprint density at radius 1 is 0.897 bits per heavy atom. The van der Waals surface area contributed by atoms with Crippen molar-refractivity contribution >= 4 is 37.9 Å². The van der Waals surface area contributed by atoms with E-state index in [1.165, 1.54) is 56.3 Å². The molecule has 0 saturated heterocycles. The van der Waals surface area contributed by atoms with E-state index in [0.29, 0.717) is 5.92 Å². The van der Waals surface area contributed by atoms with Crippen molar-refractivity contribution in [2.75, 3.05) is 0 Å². The van der Waals surface area contributed by atoms with Crippen LogP contribution in [-0.2, 0) is 26.2 Å². The van der Waals surface area contributed by atoms with Gasteiger partial charge in [0.2, 0.25) is 0 Å². The van der Waals surface area contributed by atoms with Crippen molar-refractivity contribution in [1.29, 1.82) is 0 Å². The monoisotopic (exact) mass is 652 g/mol. The predicted molar refractivity (Wildman–Crippen MR) is 159 cm³/mol. The summed E-state index contributed by atoms with van der Waals surface area (Å²) in [7, 11) is -0.947. The molecule has 6 aliphatic rings. The maximum absolute atomic E-state index is 3.76. The summed E-state index contributed by atoms with van der Waals surface area (Å²) < 4.78 is 0. The van der Waals surface area contributed by atoms with Crippen molar-refractivity contribution in [3.8, 4) is 11.1 Å². The molecule has 1 unspecified atom stereocenters. The first kappa shape index (κ1) is 30.1. The van der Waals surface area contributed by atoms with Crippen LogP contribution in [0.25, 0.3) is 21.9 Å². The molecule has 0 nitrogen and oxygen atoms in total. The minimum atomic E-state index is -0.477. The van der Waals surface area contributed by atoms with E-state index in [1.54, 1.807) is 15.9 Å². The first-order chi connectivity index (χ1) is 17.7. The molecule has 190 valence electrons. The average Bonchev–Trinajstić information content (AvgIpc) is 3.49. The zero-order valence-corrected chi connectivity index (χ0v) is 28.0. The Balaban J connectivity index is 0.000000172. The molecule has 5 heteroatoms. The van der Waals surface area contributed by atoms with Crippen LogP contribution in [0.4, 0.5) is 0 Å². The summed E-state index contributed by atoms with van der Waals surface area (Å²) >= 11 is 0. The van der Waals surface area contributed by atoms with Crippen LogP contribution >= 0.6 is 0 Å². The molecule has 0 aromatic heterocycles. The normalized spacial score (nSPS) is 22.9. The van der Waals surface area contributed by atoms with E-state index < -0.39 is 16.8 Å². The van der Waals surface area contributed by atoms with E-state index in [1.807, 2.05) is 0 Å². The summed E-state index contributed by atoms with van der Waals surface area (Å²) in [5, 5.41) is 6.00. The van der Waals surface area contributed by atoms with Gasteiger partial charge < -0.3 is 24.8 Å². The number of benzene rings is 2. The topological polar surface area (TPSA) is 0 Å². The van der Waals surface area contributed by atoms with Gasteiger partial charge >= 0.3 is 26.2 Å². The molecular weight excluding hydrogens is 627 g/mol. The summed E-state index contributed by atoms with van der Waals surface area (Å²) in [5.41, 5.74) is 15.2. The van der Waals surface area contributed by atoms with Gasteiger partial charge in [0.1, 0.15) is 0 Å². The van der Waals surface area contributed by atoms with Crippen LogP contribution in [0.15, 0.2) is 125 Å². The summed E-state index contributed by atoms with van der Waals surface area (Å²) in [6.45, 7) is 4.43. The van der Waals surface area contributed by atoms with Crippen LogP contribution in [0.2, 0.25) is 12.1 Å². The van der Waals surface area contributed by atoms with Crippen LogP contribution < -0.4 is 24.8 Å². The Hall–Kier alpha value is -1.87. The second-order valence-corrected chi connectivity index (χ2v) is 15.1. The third-order valence-corrected chi connectivity index (χ3v) is 13.9. The fourth-order valence-electron chi connectivity index (χ4n) is 6.36. The molecule has 3 aliphatic carbocycles. The zero-order chi connectivity index (χ0) is 24.2. The Labute approximate surface area is 266 Å². The number of hydrogen-bond donors (Lipinski definition) is 0. The standard InChI is InChI=1S/C18H15Si2.C16H13.2ClH.Zr/c1-12-10-15-16-11-13-4-2-3-5-14(13)17(15)18(12)20-8-6-19(16)7-9-20;1-12-10-14-8-5-9-15(16(14)11-12)13-6-3-2-4-7-13;;;/h2-6,8,11,14H,7,9H2,1H3;2-11H,1H3;2*1H;/q2*-1;;;+4/p-2/b19-16-,20-18+;;;;. The number of rotatable bonds is 1. The first-order valence-corrected chi connectivity index (χ1v) is 16.5. The molecule has 3 heterocycles. The molecule has 39 heavy (non-hydrogen) atoms. The molecule has 3 aromatic rings. The second-order valence-electron chi connectivity index (χ2n) is 10.3. The molecular formula is C34H28Cl2Si2Zr. The molecule has 0 amide bonds. The van der Waals surface area contributed by atoms with Crippen LogP contribution in [-0.4, -0.2) is 27.2 Å². The van der Waals surface area contributed by atoms with Crippen molar-refractivity contribution in [3.63, 3.8) is 0 Å². The largest absolute Gasteiger partial charge is 4.00 e. The third-order valence-electron chi connectivity index (χ3n) is 7.98. The molecule has 0 fully saturated rings. The van der Waals surface area contributed by atoms with Gasteiger partial charge in [0.05, 0.1) is 0 Å². The second kappa shape index (κ2) is 12.3. The predicted octanol–water partition coefficient (Wildman–Crippen LogP) is 1.43. The van der Waals surface area contributed by atoms with Crippen LogP contribution in [0.3, 0.4) is 0 Å². The van der Waals surface area contributed by atoms with E-state index in [4.69, 9.17) is 0 Å². The van der Waals surface area contributed by atoms with Crippen molar-refractivity contribution in [2.45, 2.75) is 25.9 Å². The minimum Gasteiger partial charge on any atom is -1.00 e. The zero-order valence-electron chi connectivity index (χ0n) is 22.1. The SMILES string of the molecule is CC1=[C-]C2=C3C/1=[Si]1C=C/[Si](=C/2C=C2C=CC=CC23)CC\1.Cc1cc2c(-c3ccccc3)cccc2[cH-]1.[Cl-].[Cl-].[Zr+4]. The van der Waals surface area contributed by atoms with E-state index in [-0.39, 0.29) is 51.0 Å². The molecule has 3 aliphatic heterocycles. The maximum Gasteiger partial charge on any atom is 4.00 e. The number of allylic oxidation sites excluding steroid dienone is 10. The Bertz CT molecular complexity index is 1690. The molecule has 3 aromatic carbocycles. The van der Waals surface area contributed by atoms with Gasteiger partial charge in [0.25, 0.3) is 0 Å². The van der Waals surface area contributed by atoms with E-state index in [2.05, 4.69) is 122 Å². The van der Waals surface area contributed by atoms with Gasteiger partial charge in [0.15, 0.2) is 0 Å². The van der Waals surface area contributed by atoms with Gasteiger partial charge in [-0.2, -0.15) is 11.6 Å². The van der Waals surface area contributed by atoms with Gasteiger partial charge in [-0.1, -0.05) is 103 Å². The number of fused-ring (bicyclic) bond motifs is 3. The fraction of sp³-hybridized carbons (Fsp3) is 0.147. The quantitative estimate of drug-likeness (QED) is 0.276. The van der Waals surface area contributed by atoms with E-state index >= 15 is 0 Å². The first-order valence-electron chi connectivity index (χ1n) is 13.0. The fourth-order valence-corrected chi connectivity index (χ4v) is 13.4. The van der Waals surface area contributed by atoms with E-state index in [0.717, 1.165) is 0 Å². The third kappa shape index (κ3) is 5.30. The van der Waals surface area contributed by atoms with Gasteiger partial charge in [-0.15, -0.1) is 62.1 Å². The van der Waals surface area contributed by atoms with Crippen LogP contribution in [0.5, 0.6) is 0 Å². The molecule has 0 saturated carbocycles. The van der Waals surface area contributed by atoms with Gasteiger partial charge in [-0.3, -0.25) is 0 Å². The molecule has 0 radical (unpaired) electrons. The molecule has 1 atom stereocenters. The van der Waals surface area contributed by atoms with E-state index in [9.17, 15) is 0 Å². The number of hydrogen-bond acceptors (Lipinski definition) is 0. The molecule has 0 N–H and O–H groups in total. The van der Waals surface area contributed by atoms with Gasteiger partial charge in [-0.05, 0) is 40.4 Å². The average molecular weight is 655 g/mol. The van der Waals surface area contributed by atoms with Crippen molar-refractivity contribution in [3.05, 3.63) is 136 Å². The Morgan fingerprint density at radius 3 is 2.44 bits per heavy atom. The van der Waals surface area contributed by atoms with Crippen molar-refractivity contribution < 1.29 is 51.0 Å². The summed E-state index contributed by atoms with van der Waals surface area (Å²) in [4.78, 5) is 0. The minimum absolute atomic E-state index is 0.